The van der Waals surface area contributed by atoms with E-state index in [1.807, 2.05) is 18.8 Å². The van der Waals surface area contributed by atoms with Crippen molar-refractivity contribution < 1.29 is 4.79 Å². The number of nitrogens with zero attached hydrogens (tertiary/aromatic N) is 2. The van der Waals surface area contributed by atoms with Crippen molar-refractivity contribution in [1.29, 1.82) is 0 Å². The van der Waals surface area contributed by atoms with E-state index in [-0.39, 0.29) is 5.78 Å². The van der Waals surface area contributed by atoms with Crippen molar-refractivity contribution >= 4 is 17.5 Å². The number of thioether (sulfide) groups is 1. The minimum atomic E-state index is 0.204. The quantitative estimate of drug-likeness (QED) is 0.756. The SMILES string of the molecule is Cn1nccc1C(=O)CSC1CCCCC1. The van der Waals surface area contributed by atoms with Crippen molar-refractivity contribution in [3.63, 3.8) is 0 Å². The molecule has 4 heteroatoms. The van der Waals surface area contributed by atoms with E-state index in [0.29, 0.717) is 11.0 Å². The molecule has 1 saturated carbocycles. The normalized spacial score (nSPS) is 17.6. The van der Waals surface area contributed by atoms with E-state index in [9.17, 15) is 4.79 Å². The first kappa shape index (κ1) is 11.7. The van der Waals surface area contributed by atoms with Gasteiger partial charge in [-0.3, -0.25) is 9.48 Å². The third kappa shape index (κ3) is 2.88. The van der Waals surface area contributed by atoms with Gasteiger partial charge in [0.2, 0.25) is 0 Å². The molecular weight excluding hydrogens is 220 g/mol. The molecule has 1 aliphatic rings. The Bertz CT molecular complexity index is 356. The van der Waals surface area contributed by atoms with Crippen LogP contribution in [-0.4, -0.2) is 26.6 Å². The lowest BCUT2D eigenvalue weighted by molar-refractivity contribution is 0.101. The van der Waals surface area contributed by atoms with Crippen LogP contribution < -0.4 is 0 Å². The number of hydrogen-bond donors (Lipinski definition) is 0. The number of rotatable bonds is 4. The maximum atomic E-state index is 11.9. The molecule has 1 fully saturated rings. The molecular formula is C12H18N2OS. The fraction of sp³-hybridized carbons (Fsp3) is 0.667. The van der Waals surface area contributed by atoms with Gasteiger partial charge in [0.05, 0.1) is 5.75 Å². The van der Waals surface area contributed by atoms with Crippen LogP contribution in [0.25, 0.3) is 0 Å². The van der Waals surface area contributed by atoms with Gasteiger partial charge in [-0.15, -0.1) is 0 Å². The first-order valence-corrected chi connectivity index (χ1v) is 6.95. The Hall–Kier alpha value is -0.770. The van der Waals surface area contributed by atoms with Crippen molar-refractivity contribution in [2.24, 2.45) is 7.05 Å². The molecule has 0 aliphatic heterocycles. The van der Waals surface area contributed by atoms with Crippen LogP contribution in [0.4, 0.5) is 0 Å². The van der Waals surface area contributed by atoms with Crippen LogP contribution in [-0.2, 0) is 7.05 Å². The van der Waals surface area contributed by atoms with Gasteiger partial charge in [-0.05, 0) is 18.9 Å². The number of ketones is 1. The molecule has 0 radical (unpaired) electrons. The Labute approximate surface area is 101 Å². The summed E-state index contributed by atoms with van der Waals surface area (Å²) < 4.78 is 1.66. The molecule has 0 aromatic carbocycles. The van der Waals surface area contributed by atoms with Crippen LogP contribution in [0.15, 0.2) is 12.3 Å². The lowest BCUT2D eigenvalue weighted by Crippen LogP contribution is -2.14. The van der Waals surface area contributed by atoms with E-state index < -0.39 is 0 Å². The highest BCUT2D eigenvalue weighted by atomic mass is 32.2. The van der Waals surface area contributed by atoms with E-state index in [4.69, 9.17) is 0 Å². The topological polar surface area (TPSA) is 34.9 Å². The third-order valence-corrected chi connectivity index (χ3v) is 4.48. The molecule has 0 saturated heterocycles. The van der Waals surface area contributed by atoms with Gasteiger partial charge in [-0.25, -0.2) is 0 Å². The van der Waals surface area contributed by atoms with E-state index >= 15 is 0 Å². The fourth-order valence-corrected chi connectivity index (χ4v) is 3.35. The predicted octanol–water partition coefficient (Wildman–Crippen LogP) is 2.67. The van der Waals surface area contributed by atoms with E-state index in [2.05, 4.69) is 5.10 Å². The van der Waals surface area contributed by atoms with Crippen LogP contribution >= 0.6 is 11.8 Å². The average Bonchev–Trinajstić information content (AvgIpc) is 2.74. The van der Waals surface area contributed by atoms with Gasteiger partial charge in [-0.1, -0.05) is 19.3 Å². The summed E-state index contributed by atoms with van der Waals surface area (Å²) in [4.78, 5) is 11.9. The molecule has 3 nitrogen and oxygen atoms in total. The Kier molecular flexibility index (Phi) is 4.04. The molecule has 16 heavy (non-hydrogen) atoms. The summed E-state index contributed by atoms with van der Waals surface area (Å²) in [7, 11) is 1.82. The molecule has 0 unspecified atom stereocenters. The average molecular weight is 238 g/mol. The highest BCUT2D eigenvalue weighted by Crippen LogP contribution is 2.28. The second kappa shape index (κ2) is 5.53. The summed E-state index contributed by atoms with van der Waals surface area (Å²) in [5.74, 6) is 0.806. The van der Waals surface area contributed by atoms with Crippen molar-refractivity contribution in [2.45, 2.75) is 37.4 Å². The summed E-state index contributed by atoms with van der Waals surface area (Å²) in [6.45, 7) is 0. The van der Waals surface area contributed by atoms with Crippen molar-refractivity contribution in [2.75, 3.05) is 5.75 Å². The molecule has 0 N–H and O–H groups in total. The van der Waals surface area contributed by atoms with Crippen LogP contribution in [0.1, 0.15) is 42.6 Å². The largest absolute Gasteiger partial charge is 0.292 e. The van der Waals surface area contributed by atoms with Gasteiger partial charge < -0.3 is 0 Å². The van der Waals surface area contributed by atoms with Crippen LogP contribution in [0.2, 0.25) is 0 Å². The minimum absolute atomic E-state index is 0.204. The van der Waals surface area contributed by atoms with Gasteiger partial charge in [0.1, 0.15) is 5.69 Å². The van der Waals surface area contributed by atoms with Crippen molar-refractivity contribution in [1.82, 2.24) is 9.78 Å². The zero-order valence-corrected chi connectivity index (χ0v) is 10.5. The lowest BCUT2D eigenvalue weighted by Gasteiger charge is -2.20. The minimum Gasteiger partial charge on any atom is -0.292 e. The maximum Gasteiger partial charge on any atom is 0.190 e. The lowest BCUT2D eigenvalue weighted by atomic mass is 10.0. The van der Waals surface area contributed by atoms with E-state index in [1.165, 1.54) is 32.1 Å². The molecule has 1 heterocycles. The molecule has 1 aliphatic carbocycles. The second-order valence-electron chi connectivity index (χ2n) is 4.33. The van der Waals surface area contributed by atoms with Gasteiger partial charge in [0, 0.05) is 18.5 Å². The van der Waals surface area contributed by atoms with Crippen LogP contribution in [0, 0.1) is 0 Å². The van der Waals surface area contributed by atoms with Crippen LogP contribution in [0.3, 0.4) is 0 Å². The zero-order valence-electron chi connectivity index (χ0n) is 9.69. The molecule has 2 rings (SSSR count). The first-order valence-electron chi connectivity index (χ1n) is 5.90. The molecule has 1 aromatic heterocycles. The Morgan fingerprint density at radius 3 is 2.88 bits per heavy atom. The summed E-state index contributed by atoms with van der Waals surface area (Å²) in [5.41, 5.74) is 0.725. The number of aryl methyl sites for hydroxylation is 1. The van der Waals surface area contributed by atoms with Crippen molar-refractivity contribution in [3.05, 3.63) is 18.0 Å². The summed E-state index contributed by atoms with van der Waals surface area (Å²) in [6.07, 6.45) is 8.27. The number of carbonyl (C=O) groups is 1. The Morgan fingerprint density at radius 1 is 1.50 bits per heavy atom. The van der Waals surface area contributed by atoms with Gasteiger partial charge >= 0.3 is 0 Å². The van der Waals surface area contributed by atoms with Gasteiger partial charge in [0.15, 0.2) is 5.78 Å². The number of carbonyl (C=O) groups excluding carboxylic acids is 1. The molecule has 0 spiro atoms. The van der Waals surface area contributed by atoms with Gasteiger partial charge in [-0.2, -0.15) is 16.9 Å². The van der Waals surface area contributed by atoms with Gasteiger partial charge in [0.25, 0.3) is 0 Å². The summed E-state index contributed by atoms with van der Waals surface area (Å²) in [6, 6.07) is 1.80. The van der Waals surface area contributed by atoms with Crippen LogP contribution in [0.5, 0.6) is 0 Å². The maximum absolute atomic E-state index is 11.9. The fourth-order valence-electron chi connectivity index (χ4n) is 2.15. The smallest absolute Gasteiger partial charge is 0.190 e. The Morgan fingerprint density at radius 2 is 2.25 bits per heavy atom. The first-order chi connectivity index (χ1) is 7.77. The Balaban J connectivity index is 1.81. The number of hydrogen-bond acceptors (Lipinski definition) is 3. The number of Topliss-reactive ketones (excluding diaryl/α,β-unsaturated/α-hetero) is 1. The number of aromatic nitrogens is 2. The molecule has 0 bridgehead atoms. The highest BCUT2D eigenvalue weighted by molar-refractivity contribution is 8.00. The zero-order chi connectivity index (χ0) is 11.4. The van der Waals surface area contributed by atoms with E-state index in [0.717, 1.165) is 5.69 Å². The summed E-state index contributed by atoms with van der Waals surface area (Å²) >= 11 is 1.82. The third-order valence-electron chi connectivity index (χ3n) is 3.11. The molecule has 1 aromatic rings. The summed E-state index contributed by atoms with van der Waals surface area (Å²) in [5, 5.41) is 4.72. The highest BCUT2D eigenvalue weighted by Gasteiger charge is 2.17. The predicted molar refractivity (Wildman–Crippen MR) is 66.9 cm³/mol. The second-order valence-corrected chi connectivity index (χ2v) is 5.62. The van der Waals surface area contributed by atoms with Crippen molar-refractivity contribution in [3.8, 4) is 0 Å². The molecule has 88 valence electrons. The standard InChI is InChI=1S/C12H18N2OS/c1-14-11(7-8-13-14)12(15)9-16-10-5-3-2-4-6-10/h7-8,10H,2-6,9H2,1H3. The van der Waals surface area contributed by atoms with E-state index in [1.54, 1.807) is 16.9 Å². The monoisotopic (exact) mass is 238 g/mol. The molecule has 0 atom stereocenters. The molecule has 0 amide bonds.